The quantitative estimate of drug-likeness (QED) is 0.725. The molecule has 0 aliphatic heterocycles. The van der Waals surface area contributed by atoms with Crippen LogP contribution < -0.4 is 5.56 Å². The van der Waals surface area contributed by atoms with Gasteiger partial charge in [-0.05, 0) is 18.6 Å². The molecule has 0 aliphatic rings. The third kappa shape index (κ3) is 2.84. The van der Waals surface area contributed by atoms with Crippen LogP contribution in [0.25, 0.3) is 22.1 Å². The first-order valence-electron chi connectivity index (χ1n) is 7.72. The van der Waals surface area contributed by atoms with Crippen molar-refractivity contribution < 1.29 is 9.21 Å². The third-order valence-electron chi connectivity index (χ3n) is 3.93. The highest BCUT2D eigenvalue weighted by molar-refractivity contribution is 6.01. The molecule has 2 heterocycles. The minimum absolute atomic E-state index is 0.0287. The van der Waals surface area contributed by atoms with Crippen molar-refractivity contribution in [3.63, 3.8) is 0 Å². The summed E-state index contributed by atoms with van der Waals surface area (Å²) < 4.78 is 6.91. The van der Waals surface area contributed by atoms with Gasteiger partial charge in [0.05, 0.1) is 6.33 Å². The molecule has 0 N–H and O–H groups in total. The van der Waals surface area contributed by atoms with Gasteiger partial charge in [0, 0.05) is 19.0 Å². The fraction of sp³-hybridized carbons (Fsp3) is 0.353. The zero-order valence-electron chi connectivity index (χ0n) is 13.3. The molecule has 0 atom stereocenters. The lowest BCUT2D eigenvalue weighted by atomic mass is 10.2. The first-order chi connectivity index (χ1) is 11.1. The fourth-order valence-electron chi connectivity index (χ4n) is 2.51. The highest BCUT2D eigenvalue weighted by atomic mass is 16.3. The Morgan fingerprint density at radius 3 is 2.91 bits per heavy atom. The average Bonchev–Trinajstić information content (AvgIpc) is 2.94. The van der Waals surface area contributed by atoms with Crippen LogP contribution in [0.5, 0.6) is 0 Å². The van der Waals surface area contributed by atoms with E-state index in [0.29, 0.717) is 17.6 Å². The highest BCUT2D eigenvalue weighted by Crippen LogP contribution is 2.23. The van der Waals surface area contributed by atoms with E-state index >= 15 is 0 Å². The first-order valence-corrected chi connectivity index (χ1v) is 7.72. The van der Waals surface area contributed by atoms with Crippen molar-refractivity contribution in [3.8, 4) is 0 Å². The summed E-state index contributed by atoms with van der Waals surface area (Å²) in [6.07, 6.45) is 3.38. The molecule has 0 aliphatic carbocycles. The number of unbranched alkanes of at least 4 members (excludes halogenated alkanes) is 1. The van der Waals surface area contributed by atoms with Crippen LogP contribution in [0.3, 0.4) is 0 Å². The second-order valence-electron chi connectivity index (χ2n) is 5.62. The SMILES string of the molecule is CCCCN(C)C(=O)Cn1cnc2c(oc3ccccc32)c1=O. The molecule has 0 saturated carbocycles. The van der Waals surface area contributed by atoms with Crippen LogP contribution in [0, 0.1) is 0 Å². The van der Waals surface area contributed by atoms with Crippen molar-refractivity contribution in [1.29, 1.82) is 0 Å². The first kappa shape index (κ1) is 15.3. The Morgan fingerprint density at radius 1 is 1.35 bits per heavy atom. The van der Waals surface area contributed by atoms with Gasteiger partial charge in [0.15, 0.2) is 0 Å². The standard InChI is InChI=1S/C17H19N3O3/c1-3-4-9-19(2)14(21)10-20-11-18-15-12-7-5-6-8-13(12)23-16(15)17(20)22/h5-8,11H,3-4,9-10H2,1-2H3. The predicted molar refractivity (Wildman–Crippen MR) is 88.3 cm³/mol. The average molecular weight is 313 g/mol. The normalized spacial score (nSPS) is 11.2. The molecule has 1 amide bonds. The van der Waals surface area contributed by atoms with Gasteiger partial charge in [0.1, 0.15) is 17.6 Å². The summed E-state index contributed by atoms with van der Waals surface area (Å²) in [5.41, 5.74) is 1.02. The highest BCUT2D eigenvalue weighted by Gasteiger charge is 2.15. The Bertz CT molecular complexity index is 910. The molecular formula is C17H19N3O3. The van der Waals surface area contributed by atoms with E-state index in [1.54, 1.807) is 18.0 Å². The Hall–Kier alpha value is -2.63. The van der Waals surface area contributed by atoms with E-state index in [0.717, 1.165) is 18.2 Å². The van der Waals surface area contributed by atoms with Gasteiger partial charge in [-0.15, -0.1) is 0 Å². The van der Waals surface area contributed by atoms with Gasteiger partial charge in [-0.3, -0.25) is 14.2 Å². The van der Waals surface area contributed by atoms with Crippen LogP contribution >= 0.6 is 0 Å². The van der Waals surface area contributed by atoms with E-state index in [2.05, 4.69) is 11.9 Å². The van der Waals surface area contributed by atoms with Gasteiger partial charge in [0.25, 0.3) is 5.56 Å². The lowest BCUT2D eigenvalue weighted by Gasteiger charge is -2.17. The van der Waals surface area contributed by atoms with Gasteiger partial charge >= 0.3 is 0 Å². The third-order valence-corrected chi connectivity index (χ3v) is 3.93. The topological polar surface area (TPSA) is 68.3 Å². The molecular weight excluding hydrogens is 294 g/mol. The number of amides is 1. The van der Waals surface area contributed by atoms with Crippen molar-refractivity contribution in [2.24, 2.45) is 0 Å². The maximum atomic E-state index is 12.5. The van der Waals surface area contributed by atoms with Gasteiger partial charge < -0.3 is 9.32 Å². The summed E-state index contributed by atoms with van der Waals surface area (Å²) in [5.74, 6) is -0.113. The Labute approximate surface area is 133 Å². The van der Waals surface area contributed by atoms with E-state index in [1.807, 2.05) is 18.2 Å². The molecule has 0 fully saturated rings. The fourth-order valence-corrected chi connectivity index (χ4v) is 2.51. The monoisotopic (exact) mass is 313 g/mol. The predicted octanol–water partition coefficient (Wildman–Crippen LogP) is 2.40. The van der Waals surface area contributed by atoms with E-state index in [1.165, 1.54) is 10.9 Å². The smallest absolute Gasteiger partial charge is 0.297 e. The van der Waals surface area contributed by atoms with Gasteiger partial charge in [0.2, 0.25) is 11.5 Å². The van der Waals surface area contributed by atoms with Crippen molar-refractivity contribution in [2.45, 2.75) is 26.3 Å². The molecule has 6 heteroatoms. The van der Waals surface area contributed by atoms with Gasteiger partial charge in [-0.25, -0.2) is 4.98 Å². The van der Waals surface area contributed by atoms with Crippen molar-refractivity contribution >= 4 is 28.0 Å². The Morgan fingerprint density at radius 2 is 2.13 bits per heavy atom. The molecule has 23 heavy (non-hydrogen) atoms. The maximum Gasteiger partial charge on any atom is 0.297 e. The molecule has 0 saturated heterocycles. The number of furan rings is 1. The van der Waals surface area contributed by atoms with Crippen molar-refractivity contribution in [1.82, 2.24) is 14.5 Å². The molecule has 2 aromatic heterocycles. The second kappa shape index (κ2) is 6.24. The number of carbonyl (C=O) groups excluding carboxylic acids is 1. The number of nitrogens with zero attached hydrogens (tertiary/aromatic N) is 3. The molecule has 120 valence electrons. The lowest BCUT2D eigenvalue weighted by molar-refractivity contribution is -0.130. The molecule has 0 spiro atoms. The minimum Gasteiger partial charge on any atom is -0.448 e. The lowest BCUT2D eigenvalue weighted by Crippen LogP contribution is -2.34. The van der Waals surface area contributed by atoms with Gasteiger partial charge in [-0.1, -0.05) is 25.5 Å². The van der Waals surface area contributed by atoms with Gasteiger partial charge in [-0.2, -0.15) is 0 Å². The summed E-state index contributed by atoms with van der Waals surface area (Å²) in [6, 6.07) is 7.37. The van der Waals surface area contributed by atoms with Crippen LogP contribution in [0.4, 0.5) is 0 Å². The zero-order valence-corrected chi connectivity index (χ0v) is 13.3. The molecule has 3 aromatic rings. The van der Waals surface area contributed by atoms with E-state index in [9.17, 15) is 9.59 Å². The zero-order chi connectivity index (χ0) is 16.4. The Kier molecular flexibility index (Phi) is 4.14. The summed E-state index contributed by atoms with van der Waals surface area (Å²) in [7, 11) is 1.75. The van der Waals surface area contributed by atoms with Crippen LogP contribution in [0.2, 0.25) is 0 Å². The van der Waals surface area contributed by atoms with Crippen molar-refractivity contribution in [3.05, 3.63) is 40.9 Å². The molecule has 3 rings (SSSR count). The van der Waals surface area contributed by atoms with Crippen LogP contribution in [-0.2, 0) is 11.3 Å². The molecule has 0 radical (unpaired) electrons. The van der Waals surface area contributed by atoms with Crippen LogP contribution in [0.15, 0.2) is 39.8 Å². The molecule has 6 nitrogen and oxygen atoms in total. The number of para-hydroxylation sites is 1. The number of fused-ring (bicyclic) bond motifs is 3. The Balaban J connectivity index is 1.93. The van der Waals surface area contributed by atoms with Crippen LogP contribution in [-0.4, -0.2) is 34.0 Å². The summed E-state index contributed by atoms with van der Waals surface area (Å²) in [5, 5.41) is 0.804. The van der Waals surface area contributed by atoms with Crippen LogP contribution in [0.1, 0.15) is 19.8 Å². The number of benzene rings is 1. The largest absolute Gasteiger partial charge is 0.448 e. The number of carbonyl (C=O) groups is 1. The number of hydrogen-bond donors (Lipinski definition) is 0. The molecule has 1 aromatic carbocycles. The summed E-state index contributed by atoms with van der Waals surface area (Å²) in [6.45, 7) is 2.73. The second-order valence-corrected chi connectivity index (χ2v) is 5.62. The van der Waals surface area contributed by atoms with E-state index in [4.69, 9.17) is 4.42 Å². The maximum absolute atomic E-state index is 12.5. The molecule has 0 bridgehead atoms. The minimum atomic E-state index is -0.330. The number of rotatable bonds is 5. The van der Waals surface area contributed by atoms with E-state index < -0.39 is 0 Å². The molecule has 0 unspecified atom stereocenters. The van der Waals surface area contributed by atoms with E-state index in [-0.39, 0.29) is 23.6 Å². The number of likely N-dealkylation sites (N-methyl/N-ethyl adjacent to an activating group) is 1. The van der Waals surface area contributed by atoms with Crippen molar-refractivity contribution in [2.75, 3.05) is 13.6 Å². The summed E-state index contributed by atoms with van der Waals surface area (Å²) in [4.78, 5) is 30.7. The number of aromatic nitrogens is 2. The number of hydrogen-bond acceptors (Lipinski definition) is 4. The summed E-state index contributed by atoms with van der Waals surface area (Å²) >= 11 is 0.